The first-order chi connectivity index (χ1) is 17.6. The zero-order valence-corrected chi connectivity index (χ0v) is 19.8. The highest BCUT2D eigenvalue weighted by molar-refractivity contribution is 6.41. The Bertz CT molecular complexity index is 1290. The first-order valence-corrected chi connectivity index (χ1v) is 11.7. The Balaban J connectivity index is 1.23. The molecule has 0 spiro atoms. The molecule has 0 saturated carbocycles. The van der Waals surface area contributed by atoms with Crippen LogP contribution in [0.15, 0.2) is 109 Å². The van der Waals surface area contributed by atoms with Gasteiger partial charge < -0.3 is 9.47 Å². The molecule has 0 atom stereocenters. The molecule has 0 aliphatic heterocycles. The summed E-state index contributed by atoms with van der Waals surface area (Å²) in [4.78, 5) is 37.3. The lowest BCUT2D eigenvalue weighted by molar-refractivity contribution is -0.135. The lowest BCUT2D eigenvalue weighted by Gasteiger charge is -2.08. The van der Waals surface area contributed by atoms with Gasteiger partial charge in [0.15, 0.2) is 5.78 Å². The minimum Gasteiger partial charge on any atom is -0.489 e. The largest absolute Gasteiger partial charge is 0.489 e. The molecule has 0 fully saturated rings. The Kier molecular flexibility index (Phi) is 8.39. The summed E-state index contributed by atoms with van der Waals surface area (Å²) in [6.45, 7) is 0.862. The van der Waals surface area contributed by atoms with Gasteiger partial charge in [-0.05, 0) is 53.1 Å². The maximum Gasteiger partial charge on any atom is 0.206 e. The third-order valence-corrected chi connectivity index (χ3v) is 5.59. The van der Waals surface area contributed by atoms with E-state index in [0.29, 0.717) is 35.8 Å². The minimum atomic E-state index is -0.700. The highest BCUT2D eigenvalue weighted by atomic mass is 16.5. The Morgan fingerprint density at radius 2 is 0.972 bits per heavy atom. The number of carbonyl (C=O) groups is 3. The first kappa shape index (κ1) is 24.6. The van der Waals surface area contributed by atoms with Crippen LogP contribution in [0.4, 0.5) is 0 Å². The fourth-order valence-corrected chi connectivity index (χ4v) is 3.55. The van der Waals surface area contributed by atoms with Crippen LogP contribution in [0.5, 0.6) is 11.5 Å². The van der Waals surface area contributed by atoms with E-state index in [4.69, 9.17) is 9.47 Å². The van der Waals surface area contributed by atoms with Crippen molar-refractivity contribution in [2.75, 3.05) is 0 Å². The fourth-order valence-electron chi connectivity index (χ4n) is 3.55. The quantitative estimate of drug-likeness (QED) is 0.146. The summed E-state index contributed by atoms with van der Waals surface area (Å²) >= 11 is 0. The van der Waals surface area contributed by atoms with Crippen LogP contribution in [0.2, 0.25) is 0 Å². The molecule has 4 aromatic carbocycles. The first-order valence-electron chi connectivity index (χ1n) is 11.7. The average molecular weight is 479 g/mol. The van der Waals surface area contributed by atoms with Crippen molar-refractivity contribution < 1.29 is 23.9 Å². The van der Waals surface area contributed by atoms with Crippen molar-refractivity contribution in [3.8, 4) is 11.5 Å². The van der Waals surface area contributed by atoms with Crippen molar-refractivity contribution in [2.24, 2.45) is 0 Å². The van der Waals surface area contributed by atoms with Crippen LogP contribution in [-0.2, 0) is 29.2 Å². The van der Waals surface area contributed by atoms with Gasteiger partial charge >= 0.3 is 0 Å². The maximum absolute atomic E-state index is 12.5. The van der Waals surface area contributed by atoms with Gasteiger partial charge in [0.25, 0.3) is 0 Å². The molecule has 0 aliphatic carbocycles. The lowest BCUT2D eigenvalue weighted by atomic mass is 10.0. The van der Waals surface area contributed by atoms with Gasteiger partial charge in [0, 0.05) is 12.0 Å². The van der Waals surface area contributed by atoms with E-state index in [-0.39, 0.29) is 6.42 Å². The van der Waals surface area contributed by atoms with Gasteiger partial charge in [0.2, 0.25) is 11.6 Å². The average Bonchev–Trinajstić information content (AvgIpc) is 2.93. The summed E-state index contributed by atoms with van der Waals surface area (Å²) in [6.07, 6.45) is -0.515. The number of benzene rings is 4. The van der Waals surface area contributed by atoms with E-state index in [2.05, 4.69) is 0 Å². The SMILES string of the molecule is O=C(CC(=O)c1ccc(OCc2ccccc2)cc1)C(=O)Cc1ccc(OCc2ccccc2)cc1. The number of ketones is 3. The molecule has 4 rings (SSSR count). The molecule has 5 heteroatoms. The molecule has 180 valence electrons. The third kappa shape index (κ3) is 7.24. The number of carbonyl (C=O) groups excluding carboxylic acids is 3. The smallest absolute Gasteiger partial charge is 0.206 e. The molecule has 0 aromatic heterocycles. The van der Waals surface area contributed by atoms with Crippen LogP contribution < -0.4 is 9.47 Å². The van der Waals surface area contributed by atoms with Crippen molar-refractivity contribution in [2.45, 2.75) is 26.1 Å². The summed E-state index contributed by atoms with van der Waals surface area (Å²) in [5.41, 5.74) is 3.15. The fraction of sp³-hybridized carbons (Fsp3) is 0.129. The Morgan fingerprint density at radius 3 is 1.47 bits per heavy atom. The minimum absolute atomic E-state index is 0.0582. The molecule has 5 nitrogen and oxygen atoms in total. The van der Waals surface area contributed by atoms with Crippen LogP contribution in [0.1, 0.15) is 33.5 Å². The molecule has 0 aliphatic rings. The van der Waals surface area contributed by atoms with Crippen molar-refractivity contribution in [1.82, 2.24) is 0 Å². The maximum atomic E-state index is 12.5. The Hall–Kier alpha value is -4.51. The summed E-state index contributed by atoms with van der Waals surface area (Å²) in [7, 11) is 0. The number of hydrogen-bond acceptors (Lipinski definition) is 5. The van der Waals surface area contributed by atoms with Crippen molar-refractivity contribution in [3.63, 3.8) is 0 Å². The van der Waals surface area contributed by atoms with E-state index >= 15 is 0 Å². The molecule has 0 heterocycles. The van der Waals surface area contributed by atoms with E-state index in [1.807, 2.05) is 60.7 Å². The zero-order chi connectivity index (χ0) is 25.2. The molecule has 0 saturated heterocycles. The van der Waals surface area contributed by atoms with Crippen LogP contribution >= 0.6 is 0 Å². The van der Waals surface area contributed by atoms with Gasteiger partial charge in [-0.25, -0.2) is 0 Å². The lowest BCUT2D eigenvalue weighted by Crippen LogP contribution is -2.20. The molecule has 0 amide bonds. The molecule has 0 radical (unpaired) electrons. The van der Waals surface area contributed by atoms with Crippen LogP contribution in [0.3, 0.4) is 0 Å². The number of hydrogen-bond donors (Lipinski definition) is 0. The summed E-state index contributed by atoms with van der Waals surface area (Å²) in [6, 6.07) is 33.2. The van der Waals surface area contributed by atoms with Crippen molar-refractivity contribution >= 4 is 17.3 Å². The van der Waals surface area contributed by atoms with E-state index in [1.165, 1.54) is 0 Å². The standard InChI is InChI=1S/C31H26O5/c32-29(26-13-17-28(18-14-26)36-22-25-9-5-2-6-10-25)20-31(34)30(33)19-23-11-15-27(16-12-23)35-21-24-7-3-1-4-8-24/h1-18H,19-22H2. The highest BCUT2D eigenvalue weighted by Gasteiger charge is 2.19. The summed E-state index contributed by atoms with van der Waals surface area (Å²) in [5.74, 6) is -0.396. The third-order valence-electron chi connectivity index (χ3n) is 5.59. The Labute approximate surface area is 210 Å². The number of Topliss-reactive ketones (excluding diaryl/α,β-unsaturated/α-hetero) is 3. The van der Waals surface area contributed by atoms with E-state index in [1.54, 1.807) is 48.5 Å². The van der Waals surface area contributed by atoms with Crippen LogP contribution in [0.25, 0.3) is 0 Å². The van der Waals surface area contributed by atoms with E-state index in [0.717, 1.165) is 11.1 Å². The predicted molar refractivity (Wildman–Crippen MR) is 137 cm³/mol. The highest BCUT2D eigenvalue weighted by Crippen LogP contribution is 2.17. The van der Waals surface area contributed by atoms with Crippen molar-refractivity contribution in [3.05, 3.63) is 131 Å². The molecular weight excluding hydrogens is 452 g/mol. The predicted octanol–water partition coefficient (Wildman–Crippen LogP) is 5.80. The second-order valence-electron chi connectivity index (χ2n) is 8.34. The van der Waals surface area contributed by atoms with Gasteiger partial charge in [-0.1, -0.05) is 72.8 Å². The molecule has 4 aromatic rings. The number of ether oxygens (including phenoxy) is 2. The van der Waals surface area contributed by atoms with Crippen LogP contribution in [-0.4, -0.2) is 17.3 Å². The molecule has 0 unspecified atom stereocenters. The molecule has 0 bridgehead atoms. The van der Waals surface area contributed by atoms with E-state index < -0.39 is 23.8 Å². The van der Waals surface area contributed by atoms with Gasteiger partial charge in [-0.2, -0.15) is 0 Å². The van der Waals surface area contributed by atoms with Gasteiger partial charge in [-0.3, -0.25) is 14.4 Å². The summed E-state index contributed by atoms with van der Waals surface area (Å²) in [5, 5.41) is 0. The van der Waals surface area contributed by atoms with Crippen molar-refractivity contribution in [1.29, 1.82) is 0 Å². The van der Waals surface area contributed by atoms with Gasteiger partial charge in [-0.15, -0.1) is 0 Å². The molecule has 0 N–H and O–H groups in total. The topological polar surface area (TPSA) is 69.7 Å². The molecular formula is C31H26O5. The second kappa shape index (κ2) is 12.3. The van der Waals surface area contributed by atoms with Gasteiger partial charge in [0.05, 0.1) is 6.42 Å². The van der Waals surface area contributed by atoms with Gasteiger partial charge in [0.1, 0.15) is 24.7 Å². The summed E-state index contributed by atoms with van der Waals surface area (Å²) < 4.78 is 11.5. The molecule has 36 heavy (non-hydrogen) atoms. The van der Waals surface area contributed by atoms with Crippen LogP contribution in [0, 0.1) is 0 Å². The number of rotatable bonds is 12. The Morgan fingerprint density at radius 1 is 0.500 bits per heavy atom. The monoisotopic (exact) mass is 478 g/mol. The van der Waals surface area contributed by atoms with E-state index in [9.17, 15) is 14.4 Å². The zero-order valence-electron chi connectivity index (χ0n) is 19.8. The normalized spacial score (nSPS) is 10.4. The second-order valence-corrected chi connectivity index (χ2v) is 8.34.